The van der Waals surface area contributed by atoms with Crippen molar-refractivity contribution in [3.63, 3.8) is 0 Å². The van der Waals surface area contributed by atoms with E-state index in [-0.39, 0.29) is 11.3 Å². The maximum absolute atomic E-state index is 13.9. The first-order valence-corrected chi connectivity index (χ1v) is 10.9. The van der Waals surface area contributed by atoms with Crippen LogP contribution in [0.1, 0.15) is 5.56 Å². The predicted molar refractivity (Wildman–Crippen MR) is 104 cm³/mol. The second-order valence-electron chi connectivity index (χ2n) is 7.06. The number of benzene rings is 2. The number of halogens is 5. The first-order chi connectivity index (χ1) is 15.3. The topological polar surface area (TPSA) is 120 Å². The smallest absolute Gasteiger partial charge is 0.486 e. The van der Waals surface area contributed by atoms with Crippen LogP contribution in [0.25, 0.3) is 0 Å². The van der Waals surface area contributed by atoms with Gasteiger partial charge >= 0.3 is 6.36 Å². The van der Waals surface area contributed by atoms with Crippen LogP contribution in [-0.4, -0.2) is 60.7 Å². The molecule has 1 saturated heterocycles. The van der Waals surface area contributed by atoms with Crippen LogP contribution >= 0.6 is 11.6 Å². The van der Waals surface area contributed by atoms with Crippen molar-refractivity contribution in [3.8, 4) is 17.6 Å². The standard InChI is InChI=1S/C19H15ClF4N2O6S/c20-14-4-3-13(6-16(14)32-19(22,23)24)33(29,30)26-8-17(18(28,9-26)10-27)31-12-2-1-11(7-25)15(21)5-12/h1-6,17,27-28H,8-10H2/t17?,18-/m1/s1. The highest BCUT2D eigenvalue weighted by Gasteiger charge is 2.51. The molecule has 0 spiro atoms. The van der Waals surface area contributed by atoms with Crippen LogP contribution in [0.15, 0.2) is 41.3 Å². The molecule has 2 aromatic carbocycles. The molecule has 0 aromatic heterocycles. The molecule has 14 heteroatoms. The molecular formula is C19H15ClF4N2O6S. The van der Waals surface area contributed by atoms with E-state index in [9.17, 15) is 36.2 Å². The molecular weight excluding hydrogens is 496 g/mol. The zero-order valence-corrected chi connectivity index (χ0v) is 18.0. The Morgan fingerprint density at radius 2 is 1.97 bits per heavy atom. The van der Waals surface area contributed by atoms with Gasteiger partial charge in [-0.25, -0.2) is 12.8 Å². The van der Waals surface area contributed by atoms with Crippen LogP contribution in [0.4, 0.5) is 17.6 Å². The number of β-amino-alcohol motifs (C(OH)–C–C–N with tert-alkyl or cyclic N) is 1. The van der Waals surface area contributed by atoms with Gasteiger partial charge in [0, 0.05) is 18.7 Å². The number of rotatable bonds is 6. The first kappa shape index (κ1) is 25.0. The Bertz CT molecular complexity index is 1200. The van der Waals surface area contributed by atoms with Crippen LogP contribution in [0.3, 0.4) is 0 Å². The summed E-state index contributed by atoms with van der Waals surface area (Å²) in [5, 5.41) is 28.6. The maximum Gasteiger partial charge on any atom is 0.573 e. The summed E-state index contributed by atoms with van der Waals surface area (Å²) in [6, 6.07) is 7.22. The molecule has 1 aliphatic heterocycles. The van der Waals surface area contributed by atoms with E-state index in [1.54, 1.807) is 6.07 Å². The van der Waals surface area contributed by atoms with E-state index in [2.05, 4.69) is 4.74 Å². The van der Waals surface area contributed by atoms with E-state index < -0.39 is 69.3 Å². The lowest BCUT2D eigenvalue weighted by Gasteiger charge is -2.27. The molecule has 33 heavy (non-hydrogen) atoms. The molecule has 1 heterocycles. The Morgan fingerprint density at radius 1 is 1.27 bits per heavy atom. The lowest BCUT2D eigenvalue weighted by atomic mass is 10.0. The first-order valence-electron chi connectivity index (χ1n) is 9.04. The SMILES string of the molecule is N#Cc1ccc(OC2CN(S(=O)(=O)c3ccc(Cl)c(OC(F)(F)F)c3)C[C@@]2(O)CO)cc1F. The van der Waals surface area contributed by atoms with Crippen LogP contribution < -0.4 is 9.47 Å². The van der Waals surface area contributed by atoms with E-state index in [0.29, 0.717) is 10.4 Å². The number of hydrogen-bond donors (Lipinski definition) is 2. The van der Waals surface area contributed by atoms with Crippen molar-refractivity contribution in [1.29, 1.82) is 5.26 Å². The van der Waals surface area contributed by atoms with Crippen LogP contribution in [0.2, 0.25) is 5.02 Å². The van der Waals surface area contributed by atoms with Gasteiger partial charge in [0.25, 0.3) is 0 Å². The summed E-state index contributed by atoms with van der Waals surface area (Å²) >= 11 is 5.65. The molecule has 0 aliphatic carbocycles. The van der Waals surface area contributed by atoms with Crippen molar-refractivity contribution < 1.29 is 45.7 Å². The lowest BCUT2D eigenvalue weighted by Crippen LogP contribution is -2.48. The van der Waals surface area contributed by atoms with Gasteiger partial charge in [0.2, 0.25) is 10.0 Å². The van der Waals surface area contributed by atoms with Gasteiger partial charge in [-0.05, 0) is 24.3 Å². The van der Waals surface area contributed by atoms with Gasteiger partial charge in [0.05, 0.1) is 28.6 Å². The van der Waals surface area contributed by atoms with Gasteiger partial charge in [-0.15, -0.1) is 13.2 Å². The Hall–Kier alpha value is -2.63. The van der Waals surface area contributed by atoms with Crippen molar-refractivity contribution in [3.05, 3.63) is 52.8 Å². The van der Waals surface area contributed by atoms with E-state index in [4.69, 9.17) is 21.6 Å². The third-order valence-electron chi connectivity index (χ3n) is 4.80. The quantitative estimate of drug-likeness (QED) is 0.573. The summed E-state index contributed by atoms with van der Waals surface area (Å²) in [5.41, 5.74) is -2.38. The summed E-state index contributed by atoms with van der Waals surface area (Å²) in [4.78, 5) is -0.614. The molecule has 2 atom stereocenters. The molecule has 8 nitrogen and oxygen atoms in total. The lowest BCUT2D eigenvalue weighted by molar-refractivity contribution is -0.274. The molecule has 1 fully saturated rings. The third-order valence-corrected chi connectivity index (χ3v) is 6.92. The molecule has 0 bridgehead atoms. The zero-order chi connectivity index (χ0) is 24.6. The highest BCUT2D eigenvalue weighted by atomic mass is 35.5. The highest BCUT2D eigenvalue weighted by molar-refractivity contribution is 7.89. The van der Waals surface area contributed by atoms with E-state index in [1.165, 1.54) is 6.07 Å². The molecule has 0 saturated carbocycles. The second kappa shape index (κ2) is 8.96. The van der Waals surface area contributed by atoms with E-state index >= 15 is 0 Å². The number of alkyl halides is 3. The fraction of sp³-hybridized carbons (Fsp3) is 0.316. The largest absolute Gasteiger partial charge is 0.573 e. The molecule has 1 aliphatic rings. The van der Waals surface area contributed by atoms with Crippen molar-refractivity contribution in [2.45, 2.75) is 23.0 Å². The summed E-state index contributed by atoms with van der Waals surface area (Å²) in [6.45, 7) is -2.14. The van der Waals surface area contributed by atoms with Gasteiger partial charge in [-0.2, -0.15) is 9.57 Å². The minimum Gasteiger partial charge on any atom is -0.486 e. The summed E-state index contributed by atoms with van der Waals surface area (Å²) in [5.74, 6) is -2.00. The molecule has 178 valence electrons. The normalized spacial score (nSPS) is 21.6. The van der Waals surface area contributed by atoms with Crippen molar-refractivity contribution in [1.82, 2.24) is 4.31 Å². The van der Waals surface area contributed by atoms with Gasteiger partial charge in [-0.1, -0.05) is 11.6 Å². The number of aliphatic hydroxyl groups excluding tert-OH is 1. The molecule has 0 amide bonds. The van der Waals surface area contributed by atoms with Crippen LogP contribution in [0.5, 0.6) is 11.5 Å². The number of sulfonamides is 1. The predicted octanol–water partition coefficient (Wildman–Crippen LogP) is 2.42. The molecule has 1 unspecified atom stereocenters. The fourth-order valence-corrected chi connectivity index (χ4v) is 4.80. The highest BCUT2D eigenvalue weighted by Crippen LogP contribution is 2.35. The Morgan fingerprint density at radius 3 is 2.55 bits per heavy atom. The summed E-state index contributed by atoms with van der Waals surface area (Å²) < 4.78 is 87.5. The van der Waals surface area contributed by atoms with Gasteiger partial charge in [0.15, 0.2) is 0 Å². The zero-order valence-electron chi connectivity index (χ0n) is 16.4. The van der Waals surface area contributed by atoms with Gasteiger partial charge in [-0.3, -0.25) is 0 Å². The van der Waals surface area contributed by atoms with Gasteiger partial charge in [0.1, 0.15) is 35.1 Å². The van der Waals surface area contributed by atoms with E-state index in [1.807, 2.05) is 0 Å². The van der Waals surface area contributed by atoms with Crippen LogP contribution in [0, 0.1) is 17.1 Å². The second-order valence-corrected chi connectivity index (χ2v) is 9.40. The Kier molecular flexibility index (Phi) is 6.79. The fourth-order valence-electron chi connectivity index (χ4n) is 3.13. The molecule has 2 aromatic rings. The maximum atomic E-state index is 13.9. The van der Waals surface area contributed by atoms with E-state index in [0.717, 1.165) is 24.3 Å². The number of nitrogens with zero attached hydrogens (tertiary/aromatic N) is 2. The third kappa shape index (κ3) is 5.31. The summed E-state index contributed by atoms with van der Waals surface area (Å²) in [6.07, 6.45) is -6.49. The minimum atomic E-state index is -5.12. The van der Waals surface area contributed by atoms with Crippen molar-refractivity contribution in [2.75, 3.05) is 19.7 Å². The van der Waals surface area contributed by atoms with Crippen molar-refractivity contribution in [2.24, 2.45) is 0 Å². The Labute approximate surface area is 190 Å². The van der Waals surface area contributed by atoms with Crippen LogP contribution in [-0.2, 0) is 10.0 Å². The monoisotopic (exact) mass is 510 g/mol. The average Bonchev–Trinajstić information content (AvgIpc) is 3.06. The summed E-state index contributed by atoms with van der Waals surface area (Å²) in [7, 11) is -4.50. The molecule has 3 rings (SSSR count). The Balaban J connectivity index is 1.89. The minimum absolute atomic E-state index is 0.144. The average molecular weight is 511 g/mol. The number of nitriles is 1. The molecule has 2 N–H and O–H groups in total. The molecule has 0 radical (unpaired) electrons. The van der Waals surface area contributed by atoms with Crippen molar-refractivity contribution >= 4 is 21.6 Å². The number of ether oxygens (including phenoxy) is 2. The number of hydrogen-bond acceptors (Lipinski definition) is 7. The van der Waals surface area contributed by atoms with Gasteiger partial charge < -0.3 is 19.7 Å². The number of aliphatic hydroxyl groups is 2.